The number of rotatable bonds is 9. The van der Waals surface area contributed by atoms with Gasteiger partial charge in [-0.05, 0) is 47.0 Å². The van der Waals surface area contributed by atoms with E-state index in [0.29, 0.717) is 40.5 Å². The maximum atomic E-state index is 12.4. The average Bonchev–Trinajstić information content (AvgIpc) is 2.91. The van der Waals surface area contributed by atoms with E-state index in [2.05, 4.69) is 0 Å². The van der Waals surface area contributed by atoms with Crippen molar-refractivity contribution in [3.63, 3.8) is 0 Å². The molecular formula is C30H29NO5. The van der Waals surface area contributed by atoms with Crippen LogP contribution in [0.25, 0.3) is 22.3 Å². The highest BCUT2D eigenvalue weighted by Gasteiger charge is 2.22. The van der Waals surface area contributed by atoms with E-state index in [1.54, 1.807) is 25.3 Å². The molecule has 0 aliphatic heterocycles. The number of nitrogens with zero attached hydrogens (tertiary/aromatic N) is 1. The van der Waals surface area contributed by atoms with E-state index < -0.39 is 0 Å². The second-order valence-corrected chi connectivity index (χ2v) is 8.46. The molecule has 0 aromatic heterocycles. The topological polar surface area (TPSA) is 68.2 Å². The van der Waals surface area contributed by atoms with Crippen LogP contribution in [0.15, 0.2) is 78.9 Å². The van der Waals surface area contributed by atoms with E-state index >= 15 is 0 Å². The Morgan fingerprint density at radius 3 is 2.11 bits per heavy atom. The third-order valence-corrected chi connectivity index (χ3v) is 6.00. The largest absolute Gasteiger partial charge is 0.504 e. The van der Waals surface area contributed by atoms with Gasteiger partial charge in [0.25, 0.3) is 0 Å². The lowest BCUT2D eigenvalue weighted by Crippen LogP contribution is -2.08. The van der Waals surface area contributed by atoms with Crippen molar-refractivity contribution in [2.45, 2.75) is 6.61 Å². The Hall–Kier alpha value is -4.45. The van der Waals surface area contributed by atoms with Gasteiger partial charge in [-0.1, -0.05) is 48.5 Å². The molecular weight excluding hydrogens is 454 g/mol. The van der Waals surface area contributed by atoms with Crippen LogP contribution < -0.4 is 19.1 Å². The number of phenolic OH excluding ortho intramolecular Hbond substituents is 1. The summed E-state index contributed by atoms with van der Waals surface area (Å²) in [7, 11) is 7.04. The first-order chi connectivity index (χ1) is 17.5. The molecule has 0 saturated carbocycles. The maximum absolute atomic E-state index is 12.4. The monoisotopic (exact) mass is 483 g/mol. The van der Waals surface area contributed by atoms with Crippen LogP contribution in [0.1, 0.15) is 15.9 Å². The number of carbonyl (C=O) groups excluding carboxylic acids is 1. The normalized spacial score (nSPS) is 10.6. The van der Waals surface area contributed by atoms with Gasteiger partial charge in [0.1, 0.15) is 18.1 Å². The molecule has 1 N–H and O–H groups in total. The first kappa shape index (κ1) is 24.7. The lowest BCUT2D eigenvalue weighted by molar-refractivity contribution is 0.112. The third kappa shape index (κ3) is 4.98. The number of carbonyl (C=O) groups is 1. The molecule has 0 radical (unpaired) electrons. The van der Waals surface area contributed by atoms with Gasteiger partial charge in [-0.2, -0.15) is 0 Å². The zero-order chi connectivity index (χ0) is 25.7. The summed E-state index contributed by atoms with van der Waals surface area (Å²) in [4.78, 5) is 14.4. The predicted molar refractivity (Wildman–Crippen MR) is 143 cm³/mol. The molecule has 0 heterocycles. The van der Waals surface area contributed by atoms with Crippen molar-refractivity contribution < 1.29 is 24.1 Å². The molecule has 0 bridgehead atoms. The molecule has 184 valence electrons. The Labute approximate surface area is 211 Å². The van der Waals surface area contributed by atoms with Crippen molar-refractivity contribution in [2.75, 3.05) is 33.2 Å². The Balaban J connectivity index is 1.75. The van der Waals surface area contributed by atoms with E-state index in [-0.39, 0.29) is 5.75 Å². The molecule has 0 aliphatic carbocycles. The number of aldehydes is 1. The van der Waals surface area contributed by atoms with Gasteiger partial charge in [-0.3, -0.25) is 4.79 Å². The molecule has 0 aliphatic rings. The lowest BCUT2D eigenvalue weighted by atomic mass is 9.92. The van der Waals surface area contributed by atoms with Crippen LogP contribution in [0.3, 0.4) is 0 Å². The van der Waals surface area contributed by atoms with Crippen LogP contribution in [0, 0.1) is 0 Å². The summed E-state index contributed by atoms with van der Waals surface area (Å²) in [5, 5.41) is 10.7. The van der Waals surface area contributed by atoms with Crippen LogP contribution in [0.5, 0.6) is 23.0 Å². The molecule has 6 heteroatoms. The zero-order valence-corrected chi connectivity index (χ0v) is 20.8. The summed E-state index contributed by atoms with van der Waals surface area (Å²) in [6, 6.07) is 24.6. The van der Waals surface area contributed by atoms with Crippen molar-refractivity contribution in [3.05, 3.63) is 90.0 Å². The molecule has 4 rings (SSSR count). The maximum Gasteiger partial charge on any atom is 0.161 e. The van der Waals surface area contributed by atoms with E-state index in [0.717, 1.165) is 28.7 Å². The highest BCUT2D eigenvalue weighted by Crippen LogP contribution is 2.46. The second-order valence-electron chi connectivity index (χ2n) is 8.46. The minimum absolute atomic E-state index is 0.0374. The summed E-state index contributed by atoms with van der Waals surface area (Å²) < 4.78 is 17.2. The first-order valence-electron chi connectivity index (χ1n) is 11.5. The Bertz CT molecular complexity index is 1350. The predicted octanol–water partition coefficient (Wildman–Crippen LogP) is 6.20. The highest BCUT2D eigenvalue weighted by atomic mass is 16.5. The fraction of sp³-hybridized carbons (Fsp3) is 0.167. The van der Waals surface area contributed by atoms with Gasteiger partial charge < -0.3 is 24.2 Å². The van der Waals surface area contributed by atoms with E-state index in [1.807, 2.05) is 79.7 Å². The Kier molecular flexibility index (Phi) is 7.44. The van der Waals surface area contributed by atoms with Crippen LogP contribution in [0.4, 0.5) is 5.69 Å². The van der Waals surface area contributed by atoms with Crippen molar-refractivity contribution in [1.29, 1.82) is 0 Å². The zero-order valence-electron chi connectivity index (χ0n) is 20.8. The Morgan fingerprint density at radius 2 is 1.53 bits per heavy atom. The summed E-state index contributed by atoms with van der Waals surface area (Å²) in [6.07, 6.45) is 0.755. The lowest BCUT2D eigenvalue weighted by Gasteiger charge is -2.20. The van der Waals surface area contributed by atoms with Gasteiger partial charge in [0.05, 0.1) is 19.8 Å². The molecule has 0 saturated heterocycles. The van der Waals surface area contributed by atoms with Crippen molar-refractivity contribution in [1.82, 2.24) is 0 Å². The molecule has 0 fully saturated rings. The smallest absolute Gasteiger partial charge is 0.161 e. The van der Waals surface area contributed by atoms with Crippen molar-refractivity contribution >= 4 is 12.0 Å². The minimum atomic E-state index is -0.0374. The number of benzene rings is 4. The van der Waals surface area contributed by atoms with Crippen LogP contribution in [-0.2, 0) is 6.61 Å². The van der Waals surface area contributed by atoms with Crippen LogP contribution >= 0.6 is 0 Å². The van der Waals surface area contributed by atoms with Gasteiger partial charge in [0.15, 0.2) is 17.8 Å². The Morgan fingerprint density at radius 1 is 0.833 bits per heavy atom. The van der Waals surface area contributed by atoms with E-state index in [4.69, 9.17) is 14.2 Å². The molecule has 0 spiro atoms. The second kappa shape index (κ2) is 10.9. The third-order valence-electron chi connectivity index (χ3n) is 6.00. The first-order valence-corrected chi connectivity index (χ1v) is 11.5. The van der Waals surface area contributed by atoms with Gasteiger partial charge in [-0.15, -0.1) is 0 Å². The highest BCUT2D eigenvalue weighted by molar-refractivity contribution is 5.98. The van der Waals surface area contributed by atoms with Gasteiger partial charge >= 0.3 is 0 Å². The van der Waals surface area contributed by atoms with Crippen LogP contribution in [0.2, 0.25) is 0 Å². The average molecular weight is 484 g/mol. The van der Waals surface area contributed by atoms with Crippen molar-refractivity contribution in [2.24, 2.45) is 0 Å². The standard InChI is InChI=1S/C30H29NO5/c1-31(2)23-13-10-21(11-14-23)24-17-28(34-3)29(25(18-32)30(24)35-4)22-12-15-27(26(33)16-22)36-19-20-8-6-5-7-9-20/h5-18,33H,19H2,1-4H3. The summed E-state index contributed by atoms with van der Waals surface area (Å²) in [5.41, 5.74) is 5.14. The van der Waals surface area contributed by atoms with Gasteiger partial charge in [0.2, 0.25) is 0 Å². The molecule has 0 amide bonds. The van der Waals surface area contributed by atoms with E-state index in [1.165, 1.54) is 7.11 Å². The molecule has 36 heavy (non-hydrogen) atoms. The number of anilines is 1. The summed E-state index contributed by atoms with van der Waals surface area (Å²) in [5.74, 6) is 1.23. The number of phenols is 1. The number of aromatic hydroxyl groups is 1. The molecule has 0 atom stereocenters. The summed E-state index contributed by atoms with van der Waals surface area (Å²) >= 11 is 0. The fourth-order valence-corrected chi connectivity index (χ4v) is 4.14. The molecule has 4 aromatic carbocycles. The van der Waals surface area contributed by atoms with E-state index in [9.17, 15) is 9.90 Å². The van der Waals surface area contributed by atoms with Crippen LogP contribution in [-0.4, -0.2) is 39.7 Å². The SMILES string of the molecule is COc1cc(-c2ccc(N(C)C)cc2)c(OC)c(C=O)c1-c1ccc(OCc2ccccc2)c(O)c1. The fourth-order valence-electron chi connectivity index (χ4n) is 4.14. The van der Waals surface area contributed by atoms with Gasteiger partial charge in [-0.25, -0.2) is 0 Å². The minimum Gasteiger partial charge on any atom is -0.504 e. The van der Waals surface area contributed by atoms with Gasteiger partial charge in [0, 0.05) is 30.9 Å². The van der Waals surface area contributed by atoms with Crippen molar-refractivity contribution in [3.8, 4) is 45.3 Å². The number of hydrogen-bond donors (Lipinski definition) is 1. The quantitative estimate of drug-likeness (QED) is 0.286. The summed E-state index contributed by atoms with van der Waals surface area (Å²) in [6.45, 7) is 0.325. The molecule has 6 nitrogen and oxygen atoms in total. The number of hydrogen-bond acceptors (Lipinski definition) is 6. The number of methoxy groups -OCH3 is 2. The number of ether oxygens (including phenoxy) is 3. The molecule has 0 unspecified atom stereocenters. The molecule has 4 aromatic rings.